The van der Waals surface area contributed by atoms with Crippen LogP contribution < -0.4 is 24.8 Å². The normalized spacial score (nSPS) is 0. The summed E-state index contributed by atoms with van der Waals surface area (Å²) in [6.45, 7) is 0. The molecule has 0 amide bonds. The van der Waals surface area contributed by atoms with E-state index in [-0.39, 0.29) is 56.5 Å². The van der Waals surface area contributed by atoms with E-state index in [9.17, 15) is 0 Å². The van der Waals surface area contributed by atoms with Gasteiger partial charge in [0.15, 0.2) is 0 Å². The van der Waals surface area contributed by atoms with Crippen LogP contribution in [-0.4, -0.2) is 5.48 Å². The summed E-state index contributed by atoms with van der Waals surface area (Å²) in [6, 6.07) is 0. The molecule has 0 atom stereocenters. The second-order valence-electron chi connectivity index (χ2n) is 0. The zero-order valence-corrected chi connectivity index (χ0v) is 5.67. The summed E-state index contributed by atoms with van der Waals surface area (Å²) in [5, 5.41) is 0. The molecule has 1 N–H and O–H groups in total. The molecule has 0 heterocycles. The van der Waals surface area contributed by atoms with Crippen LogP contribution in [0.5, 0.6) is 0 Å². The van der Waals surface area contributed by atoms with Crippen molar-refractivity contribution >= 4 is 0 Å². The molecule has 4 heteroatoms. The van der Waals surface area contributed by atoms with Gasteiger partial charge in [0.1, 0.15) is 0 Å². The van der Waals surface area contributed by atoms with E-state index in [2.05, 4.69) is 0 Å². The third-order valence-corrected chi connectivity index (χ3v) is 0. The van der Waals surface area contributed by atoms with E-state index < -0.39 is 0 Å². The van der Waals surface area contributed by atoms with Crippen molar-refractivity contribution in [2.75, 3.05) is 0 Å². The van der Waals surface area contributed by atoms with Gasteiger partial charge < -0.3 is 30.3 Å². The van der Waals surface area contributed by atoms with Crippen LogP contribution in [-0.2, 0) is 26.2 Å². The number of halogens is 2. The molecule has 0 unspecified atom stereocenters. The van der Waals surface area contributed by atoms with E-state index in [1.165, 1.54) is 0 Å². The maximum Gasteiger partial charge on any atom is 3.00 e. The summed E-state index contributed by atoms with van der Waals surface area (Å²) >= 11 is 0. The second kappa shape index (κ2) is 25.6. The van der Waals surface area contributed by atoms with Crippen LogP contribution in [0.3, 0.4) is 0 Å². The van der Waals surface area contributed by atoms with E-state index in [4.69, 9.17) is 0 Å². The number of rotatable bonds is 0. The van der Waals surface area contributed by atoms with Crippen molar-refractivity contribution in [2.24, 2.45) is 0 Å². The van der Waals surface area contributed by atoms with Gasteiger partial charge in [0, 0.05) is 0 Å². The largest absolute Gasteiger partial charge is 3.00 e. The van der Waals surface area contributed by atoms with E-state index in [0.29, 0.717) is 0 Å². The van der Waals surface area contributed by atoms with Crippen LogP contribution >= 0.6 is 0 Å². The van der Waals surface area contributed by atoms with Gasteiger partial charge in [-0.1, -0.05) is 0 Å². The molecule has 0 saturated heterocycles. The minimum absolute atomic E-state index is 0. The Morgan fingerprint density at radius 2 is 0.750 bits per heavy atom. The fourth-order valence-electron chi connectivity index (χ4n) is 0. The Balaban J connectivity index is 0. The first-order chi connectivity index (χ1) is 0. The Morgan fingerprint density at radius 1 is 0.750 bits per heavy atom. The molecule has 0 saturated carbocycles. The Hall–Kier alpha value is 1.42. The summed E-state index contributed by atoms with van der Waals surface area (Å²) in [7, 11) is 0. The third-order valence-electron chi connectivity index (χ3n) is 0. The van der Waals surface area contributed by atoms with Crippen LogP contribution in [0.2, 0.25) is 0 Å². The van der Waals surface area contributed by atoms with Gasteiger partial charge in [-0.2, -0.15) is 0 Å². The smallest absolute Gasteiger partial charge is 1.00 e. The van der Waals surface area contributed by atoms with Crippen molar-refractivity contribution in [3.05, 3.63) is 0 Å². The van der Waals surface area contributed by atoms with Gasteiger partial charge in [0.05, 0.1) is 0 Å². The fourth-order valence-corrected chi connectivity index (χ4v) is 0. The van der Waals surface area contributed by atoms with Gasteiger partial charge in [-0.25, -0.2) is 0 Å². The van der Waals surface area contributed by atoms with Crippen molar-refractivity contribution in [3.8, 4) is 0 Å². The Kier molecular flexibility index (Phi) is 335. The first-order valence-corrected chi connectivity index (χ1v) is 0. The van der Waals surface area contributed by atoms with Crippen molar-refractivity contribution in [1.29, 1.82) is 0 Å². The molecule has 4 heavy (non-hydrogen) atoms. The zero-order valence-electron chi connectivity index (χ0n) is 1.70. The Morgan fingerprint density at radius 3 is 0.750 bits per heavy atom. The van der Waals surface area contributed by atoms with Gasteiger partial charge in [-0.3, -0.25) is 0 Å². The second-order valence-corrected chi connectivity index (χ2v) is 0. The van der Waals surface area contributed by atoms with Gasteiger partial charge in [0.25, 0.3) is 0 Å². The van der Waals surface area contributed by atoms with Gasteiger partial charge in [0.2, 0.25) is 0 Å². The maximum atomic E-state index is 0. The number of hydrogen-bond donors (Lipinski definition) is 0. The van der Waals surface area contributed by atoms with Crippen molar-refractivity contribution in [3.63, 3.8) is 0 Å². The monoisotopic (exact) mass is 177 g/mol. The van der Waals surface area contributed by atoms with E-state index in [0.717, 1.165) is 0 Å². The summed E-state index contributed by atoms with van der Waals surface area (Å²) in [5.41, 5.74) is 0. The van der Waals surface area contributed by atoms with Crippen molar-refractivity contribution in [2.45, 2.75) is 0 Å². The molecule has 1 radical (unpaired) electrons. The molecule has 0 aromatic heterocycles. The summed E-state index contributed by atoms with van der Waals surface area (Å²) < 4.78 is 0. The predicted octanol–water partition coefficient (Wildman–Crippen LogP) is -6.17. The zero-order chi connectivity index (χ0) is 0. The average molecular weight is 179 g/mol. The van der Waals surface area contributed by atoms with E-state index >= 15 is 0 Å². The molecule has 25 valence electrons. The maximum absolute atomic E-state index is 0. The quantitative estimate of drug-likeness (QED) is 0.364. The molecule has 0 aliphatic carbocycles. The minimum Gasteiger partial charge on any atom is -1.00 e. The SMILES string of the molecule is [Cl-].[Cl-].[OH-].[Zr+3]. The molecule has 0 fully saturated rings. The molecular formula is HCl2OZr. The molecule has 0 rings (SSSR count). The molecule has 0 aliphatic rings. The van der Waals surface area contributed by atoms with Crippen LogP contribution in [0.15, 0.2) is 0 Å². The topological polar surface area (TPSA) is 30.0 Å². The Labute approximate surface area is 56.4 Å². The van der Waals surface area contributed by atoms with E-state index in [1.54, 1.807) is 0 Å². The van der Waals surface area contributed by atoms with Gasteiger partial charge in [-0.15, -0.1) is 0 Å². The van der Waals surface area contributed by atoms with Crippen molar-refractivity contribution < 1.29 is 56.5 Å². The molecule has 0 aliphatic heterocycles. The van der Waals surface area contributed by atoms with E-state index in [1.807, 2.05) is 0 Å². The Bertz CT molecular complexity index is 6.00. The minimum atomic E-state index is 0. The van der Waals surface area contributed by atoms with Crippen LogP contribution in [0.1, 0.15) is 0 Å². The third kappa shape index (κ3) is 9.92. The fraction of sp³-hybridized carbons (Fsp3) is 0. The average Bonchev–Trinajstić information content (AvgIpc) is 0. The summed E-state index contributed by atoms with van der Waals surface area (Å²) in [5.74, 6) is 0. The standard InChI is InChI=1S/2ClH.H2O.Zr/h2*1H;1H2;/q;;;+3/p-3. The molecule has 1 nitrogen and oxygen atoms in total. The van der Waals surface area contributed by atoms with Gasteiger partial charge >= 0.3 is 26.2 Å². The first-order valence-electron chi connectivity index (χ1n) is 0. The summed E-state index contributed by atoms with van der Waals surface area (Å²) in [4.78, 5) is 0. The summed E-state index contributed by atoms with van der Waals surface area (Å²) in [6.07, 6.45) is 0. The van der Waals surface area contributed by atoms with Crippen LogP contribution in [0.4, 0.5) is 0 Å². The molecule has 0 bridgehead atoms. The van der Waals surface area contributed by atoms with Crippen LogP contribution in [0, 0.1) is 0 Å². The molecule has 0 spiro atoms. The predicted molar refractivity (Wildman–Crippen MR) is 1.94 cm³/mol. The molecular weight excluding hydrogens is 178 g/mol. The molecule has 0 aromatic rings. The van der Waals surface area contributed by atoms with Crippen LogP contribution in [0.25, 0.3) is 0 Å². The molecule has 0 aromatic carbocycles. The van der Waals surface area contributed by atoms with Gasteiger partial charge in [-0.05, 0) is 0 Å². The first kappa shape index (κ1) is 52.4. The number of hydrogen-bond acceptors (Lipinski definition) is 1. The van der Waals surface area contributed by atoms with Crippen molar-refractivity contribution in [1.82, 2.24) is 0 Å².